The van der Waals surface area contributed by atoms with Gasteiger partial charge in [0.05, 0.1) is 7.11 Å². The Balaban J connectivity index is 3.14. The molecule has 0 spiro atoms. The minimum atomic E-state index is -0.273. The van der Waals surface area contributed by atoms with Crippen molar-refractivity contribution in [3.05, 3.63) is 24.0 Å². The van der Waals surface area contributed by atoms with Gasteiger partial charge in [-0.3, -0.25) is 0 Å². The molecule has 0 heterocycles. The highest BCUT2D eigenvalue weighted by atomic mass is 19.1. The molecule has 0 amide bonds. The Labute approximate surface area is 60.2 Å². The number of benzene rings is 1. The van der Waals surface area contributed by atoms with E-state index in [2.05, 4.69) is 0 Å². The molecule has 0 aromatic heterocycles. The highest BCUT2D eigenvalue weighted by Crippen LogP contribution is 2.11. The molecule has 0 N–H and O–H groups in total. The zero-order valence-electron chi connectivity index (χ0n) is 6.02. The second-order valence-electron chi connectivity index (χ2n) is 2.09. The molecule has 1 rings (SSSR count). The maximum absolute atomic E-state index is 12.9. The van der Waals surface area contributed by atoms with Crippen molar-refractivity contribution in [1.29, 1.82) is 0 Å². The van der Waals surface area contributed by atoms with Gasteiger partial charge in [0, 0.05) is 0 Å². The number of rotatable bonds is 1. The molecule has 0 aliphatic carbocycles. The topological polar surface area (TPSA) is 9.23 Å². The van der Waals surface area contributed by atoms with E-state index in [0.717, 1.165) is 0 Å². The fourth-order valence-corrected chi connectivity index (χ4v) is 0.778. The fourth-order valence-electron chi connectivity index (χ4n) is 0.778. The maximum atomic E-state index is 12.9. The lowest BCUT2D eigenvalue weighted by Gasteiger charge is -2.01. The predicted molar refractivity (Wildman–Crippen MR) is 41.1 cm³/mol. The van der Waals surface area contributed by atoms with Gasteiger partial charge < -0.3 is 4.74 Å². The molecule has 0 atom stereocenters. The Hall–Kier alpha value is -0.985. The summed E-state index contributed by atoms with van der Waals surface area (Å²) in [6.45, 7) is 0. The summed E-state index contributed by atoms with van der Waals surface area (Å²) in [5.74, 6) is 0.0324. The van der Waals surface area contributed by atoms with Crippen LogP contribution in [0.25, 0.3) is 0 Å². The molecule has 0 bridgehead atoms. The lowest BCUT2D eigenvalue weighted by molar-refractivity contribution is 0.388. The summed E-state index contributed by atoms with van der Waals surface area (Å²) in [4.78, 5) is 0. The van der Waals surface area contributed by atoms with Gasteiger partial charge in [-0.15, -0.1) is 0 Å². The van der Waals surface area contributed by atoms with Gasteiger partial charge in [0.25, 0.3) is 0 Å². The fraction of sp³-hybridized carbons (Fsp3) is 0.143. The summed E-state index contributed by atoms with van der Waals surface area (Å²) in [7, 11) is 3.16. The second kappa shape index (κ2) is 2.73. The minimum absolute atomic E-state index is 0.273. The lowest BCUT2D eigenvalue weighted by Crippen LogP contribution is -2.08. The predicted octanol–water partition coefficient (Wildman–Crippen LogP) is 0.0927. The SMILES string of the molecule is Bc1cccc(OC)c1F. The van der Waals surface area contributed by atoms with Crippen molar-refractivity contribution in [2.75, 3.05) is 7.11 Å². The Bertz CT molecular complexity index is 237. The Morgan fingerprint density at radius 1 is 1.50 bits per heavy atom. The molecule has 1 aromatic carbocycles. The van der Waals surface area contributed by atoms with E-state index in [4.69, 9.17) is 4.74 Å². The van der Waals surface area contributed by atoms with Gasteiger partial charge in [-0.05, 0) is 6.07 Å². The minimum Gasteiger partial charge on any atom is -0.494 e. The summed E-state index contributed by atoms with van der Waals surface area (Å²) in [6, 6.07) is 5.07. The van der Waals surface area contributed by atoms with E-state index in [1.807, 2.05) is 0 Å². The van der Waals surface area contributed by atoms with Crippen molar-refractivity contribution in [1.82, 2.24) is 0 Å². The molecule has 52 valence electrons. The van der Waals surface area contributed by atoms with Crippen LogP contribution in [0.2, 0.25) is 0 Å². The standard InChI is InChI=1S/C7H8BFO/c1-10-6-4-2-3-5(8)7(6)9/h2-4H,8H2,1H3. The van der Waals surface area contributed by atoms with Crippen LogP contribution in [0.5, 0.6) is 5.75 Å². The third-order valence-electron chi connectivity index (χ3n) is 1.38. The van der Waals surface area contributed by atoms with E-state index >= 15 is 0 Å². The Kier molecular flexibility index (Phi) is 1.95. The smallest absolute Gasteiger partial charge is 0.158 e. The average Bonchev–Trinajstić information content (AvgIpc) is 1.95. The number of methoxy groups -OCH3 is 1. The number of halogens is 1. The zero-order valence-corrected chi connectivity index (χ0v) is 6.02. The van der Waals surface area contributed by atoms with E-state index < -0.39 is 0 Å². The van der Waals surface area contributed by atoms with Crippen LogP contribution in [0, 0.1) is 5.82 Å². The Morgan fingerprint density at radius 3 is 2.70 bits per heavy atom. The van der Waals surface area contributed by atoms with Crippen LogP contribution >= 0.6 is 0 Å². The average molecular weight is 138 g/mol. The number of hydrogen-bond acceptors (Lipinski definition) is 1. The zero-order chi connectivity index (χ0) is 7.56. The van der Waals surface area contributed by atoms with E-state index in [1.165, 1.54) is 7.11 Å². The first-order valence-corrected chi connectivity index (χ1v) is 3.05. The molecule has 0 radical (unpaired) electrons. The van der Waals surface area contributed by atoms with Crippen molar-refractivity contribution in [2.45, 2.75) is 0 Å². The molecule has 1 aromatic rings. The van der Waals surface area contributed by atoms with Crippen LogP contribution in [-0.2, 0) is 0 Å². The first-order valence-electron chi connectivity index (χ1n) is 3.05. The molecule has 0 fully saturated rings. The third kappa shape index (κ3) is 1.13. The summed E-state index contributed by atoms with van der Waals surface area (Å²) >= 11 is 0. The first-order chi connectivity index (χ1) is 4.75. The van der Waals surface area contributed by atoms with Crippen LogP contribution in [0.1, 0.15) is 0 Å². The van der Waals surface area contributed by atoms with Gasteiger partial charge in [-0.1, -0.05) is 17.6 Å². The van der Waals surface area contributed by atoms with Gasteiger partial charge in [0.1, 0.15) is 7.85 Å². The lowest BCUT2D eigenvalue weighted by atomic mass is 9.95. The molecule has 1 nitrogen and oxygen atoms in total. The summed E-state index contributed by atoms with van der Waals surface area (Å²) < 4.78 is 17.6. The van der Waals surface area contributed by atoms with Crippen LogP contribution < -0.4 is 10.2 Å². The van der Waals surface area contributed by atoms with Gasteiger partial charge in [-0.2, -0.15) is 0 Å². The largest absolute Gasteiger partial charge is 0.494 e. The summed E-state index contributed by atoms with van der Waals surface area (Å²) in [5, 5.41) is 0. The molecule has 0 aliphatic heterocycles. The van der Waals surface area contributed by atoms with E-state index in [9.17, 15) is 4.39 Å². The van der Waals surface area contributed by atoms with E-state index in [0.29, 0.717) is 11.2 Å². The van der Waals surface area contributed by atoms with Crippen LogP contribution in [0.4, 0.5) is 4.39 Å². The van der Waals surface area contributed by atoms with Crippen molar-refractivity contribution in [2.24, 2.45) is 0 Å². The normalized spacial score (nSPS) is 9.40. The number of ether oxygens (including phenoxy) is 1. The number of hydrogen-bond donors (Lipinski definition) is 0. The van der Waals surface area contributed by atoms with Crippen molar-refractivity contribution in [3.63, 3.8) is 0 Å². The summed E-state index contributed by atoms with van der Waals surface area (Å²) in [6.07, 6.45) is 0. The maximum Gasteiger partial charge on any atom is 0.158 e. The van der Waals surface area contributed by atoms with Gasteiger partial charge in [-0.25, -0.2) is 4.39 Å². The summed E-state index contributed by atoms with van der Waals surface area (Å²) in [5.41, 5.74) is 0.611. The molecule has 3 heteroatoms. The van der Waals surface area contributed by atoms with E-state index in [-0.39, 0.29) is 5.82 Å². The van der Waals surface area contributed by atoms with Crippen LogP contribution in [0.3, 0.4) is 0 Å². The molecular weight excluding hydrogens is 130 g/mol. The van der Waals surface area contributed by atoms with Crippen LogP contribution in [0.15, 0.2) is 18.2 Å². The van der Waals surface area contributed by atoms with Gasteiger partial charge >= 0.3 is 0 Å². The highest BCUT2D eigenvalue weighted by Gasteiger charge is 2.01. The first kappa shape index (κ1) is 7.13. The third-order valence-corrected chi connectivity index (χ3v) is 1.38. The van der Waals surface area contributed by atoms with E-state index in [1.54, 1.807) is 26.0 Å². The Morgan fingerprint density at radius 2 is 2.20 bits per heavy atom. The molecule has 10 heavy (non-hydrogen) atoms. The van der Waals surface area contributed by atoms with Crippen molar-refractivity contribution in [3.8, 4) is 5.75 Å². The monoisotopic (exact) mass is 138 g/mol. The quantitative estimate of drug-likeness (QED) is 0.499. The van der Waals surface area contributed by atoms with Crippen LogP contribution in [-0.4, -0.2) is 15.0 Å². The van der Waals surface area contributed by atoms with Crippen molar-refractivity contribution >= 4 is 13.3 Å². The molecule has 0 unspecified atom stereocenters. The second-order valence-corrected chi connectivity index (χ2v) is 2.09. The molecule has 0 saturated heterocycles. The highest BCUT2D eigenvalue weighted by molar-refractivity contribution is 6.32. The van der Waals surface area contributed by atoms with Crippen molar-refractivity contribution < 1.29 is 9.13 Å². The molecule has 0 aliphatic rings. The van der Waals surface area contributed by atoms with Gasteiger partial charge in [0.15, 0.2) is 11.6 Å². The molecular formula is C7H8BFO. The van der Waals surface area contributed by atoms with Gasteiger partial charge in [0.2, 0.25) is 0 Å². The molecule has 0 saturated carbocycles.